The molecule has 1 atom stereocenters. The summed E-state index contributed by atoms with van der Waals surface area (Å²) in [5, 5.41) is 10.7. The van der Waals surface area contributed by atoms with Crippen LogP contribution in [0.1, 0.15) is 76.7 Å². The average Bonchev–Trinajstić information content (AvgIpc) is 2.59. The molecule has 3 nitrogen and oxygen atoms in total. The Morgan fingerprint density at radius 2 is 1.48 bits per heavy atom. The minimum Gasteiger partial charge on any atom is -0.258 e. The summed E-state index contributed by atoms with van der Waals surface area (Å²) in [6, 6.07) is 6.96. The number of unbranched alkanes of at least 4 members (excludes halogenated alkanes) is 8. The van der Waals surface area contributed by atoms with Crippen LogP contribution in [0, 0.1) is 16.0 Å². The fourth-order valence-corrected chi connectivity index (χ4v) is 3.40. The Labute approximate surface area is 165 Å². The zero-order chi connectivity index (χ0) is 17.6. The molecule has 0 aliphatic rings. The minimum atomic E-state index is -0.345. The molecule has 0 amide bonds. The lowest BCUT2D eigenvalue weighted by molar-refractivity contribution is -0.384. The summed E-state index contributed by atoms with van der Waals surface area (Å²) < 4.78 is 0. The van der Waals surface area contributed by atoms with E-state index in [1.165, 1.54) is 69.8 Å². The summed E-state index contributed by atoms with van der Waals surface area (Å²) in [4.78, 5) is 10.3. The van der Waals surface area contributed by atoms with Gasteiger partial charge in [0.25, 0.3) is 5.69 Å². The van der Waals surface area contributed by atoms with Crippen molar-refractivity contribution in [2.45, 2.75) is 77.6 Å². The zero-order valence-electron chi connectivity index (χ0n) is 15.5. The van der Waals surface area contributed by atoms with Crippen LogP contribution in [0.25, 0.3) is 0 Å². The molecule has 0 aliphatic heterocycles. The highest BCUT2D eigenvalue weighted by atomic mass is 35.5. The summed E-state index contributed by atoms with van der Waals surface area (Å²) in [6.45, 7) is 2.26. The van der Waals surface area contributed by atoms with Crippen molar-refractivity contribution >= 4 is 30.7 Å². The fraction of sp³-hybridized carbons (Fsp3) is 0.700. The molecular weight excluding hydrogens is 354 g/mol. The second-order valence-corrected chi connectivity index (χ2v) is 7.16. The highest BCUT2D eigenvalue weighted by Gasteiger charge is 2.10. The summed E-state index contributed by atoms with van der Waals surface area (Å²) in [7, 11) is 0. The van der Waals surface area contributed by atoms with Crippen molar-refractivity contribution in [2.24, 2.45) is 5.92 Å². The van der Waals surface area contributed by atoms with Crippen LogP contribution in [-0.2, 0) is 6.42 Å². The van der Waals surface area contributed by atoms with Gasteiger partial charge in [-0.25, -0.2) is 0 Å². The van der Waals surface area contributed by atoms with Crippen LogP contribution >= 0.6 is 25.0 Å². The van der Waals surface area contributed by atoms with E-state index in [-0.39, 0.29) is 23.0 Å². The summed E-state index contributed by atoms with van der Waals surface area (Å²) in [5.41, 5.74) is 1.34. The lowest BCUT2D eigenvalue weighted by Crippen LogP contribution is -2.06. The van der Waals surface area contributed by atoms with Gasteiger partial charge in [0.05, 0.1) is 4.92 Å². The first-order valence-corrected chi connectivity index (χ1v) is 10.1. The molecule has 0 saturated heterocycles. The number of nitro benzene ring substituents is 1. The second-order valence-electron chi connectivity index (χ2n) is 6.79. The highest BCUT2D eigenvalue weighted by Crippen LogP contribution is 2.20. The van der Waals surface area contributed by atoms with Crippen molar-refractivity contribution in [3.05, 3.63) is 39.9 Å². The van der Waals surface area contributed by atoms with E-state index in [2.05, 4.69) is 19.6 Å². The van der Waals surface area contributed by atoms with E-state index in [0.29, 0.717) is 5.92 Å². The van der Waals surface area contributed by atoms with Crippen molar-refractivity contribution < 1.29 is 4.92 Å². The number of non-ortho nitro benzene ring substituents is 1. The van der Waals surface area contributed by atoms with Crippen molar-refractivity contribution in [1.82, 2.24) is 0 Å². The van der Waals surface area contributed by atoms with Crippen LogP contribution < -0.4 is 0 Å². The van der Waals surface area contributed by atoms with Crippen LogP contribution in [0.4, 0.5) is 5.69 Å². The maximum absolute atomic E-state index is 10.7. The number of halogens is 1. The van der Waals surface area contributed by atoms with Gasteiger partial charge in [-0.05, 0) is 30.1 Å². The Bertz CT molecular complexity index is 454. The molecule has 144 valence electrons. The number of benzene rings is 1. The van der Waals surface area contributed by atoms with Crippen molar-refractivity contribution in [3.63, 3.8) is 0 Å². The number of thiol groups is 1. The number of rotatable bonds is 14. The Kier molecular flexibility index (Phi) is 15.1. The molecule has 0 fully saturated rings. The Hall–Kier alpha value is -0.740. The van der Waals surface area contributed by atoms with Gasteiger partial charge in [0, 0.05) is 12.1 Å². The summed E-state index contributed by atoms with van der Waals surface area (Å²) in [6.07, 6.45) is 14.4. The number of hydrogen-bond acceptors (Lipinski definition) is 3. The van der Waals surface area contributed by atoms with Crippen molar-refractivity contribution in [2.75, 3.05) is 5.75 Å². The number of hydrogen-bond donors (Lipinski definition) is 1. The maximum atomic E-state index is 10.7. The molecule has 0 spiro atoms. The highest BCUT2D eigenvalue weighted by molar-refractivity contribution is 7.80. The average molecular weight is 388 g/mol. The third kappa shape index (κ3) is 11.5. The molecule has 1 aromatic rings. The van der Waals surface area contributed by atoms with Gasteiger partial charge in [0.1, 0.15) is 0 Å². The zero-order valence-corrected chi connectivity index (χ0v) is 17.2. The molecule has 0 N–H and O–H groups in total. The molecule has 0 bridgehead atoms. The fourth-order valence-electron chi connectivity index (χ4n) is 3.09. The third-order valence-corrected chi connectivity index (χ3v) is 5.16. The van der Waals surface area contributed by atoms with Crippen molar-refractivity contribution in [1.29, 1.82) is 0 Å². The van der Waals surface area contributed by atoms with Crippen LogP contribution in [0.3, 0.4) is 0 Å². The molecule has 0 heterocycles. The Balaban J connectivity index is 0.00000576. The molecule has 1 aromatic carbocycles. The van der Waals surface area contributed by atoms with E-state index in [9.17, 15) is 10.1 Å². The van der Waals surface area contributed by atoms with Gasteiger partial charge in [-0.2, -0.15) is 12.6 Å². The topological polar surface area (TPSA) is 43.1 Å². The van der Waals surface area contributed by atoms with Gasteiger partial charge >= 0.3 is 0 Å². The predicted molar refractivity (Wildman–Crippen MR) is 113 cm³/mol. The third-order valence-electron chi connectivity index (χ3n) is 4.65. The van der Waals surface area contributed by atoms with E-state index >= 15 is 0 Å². The quantitative estimate of drug-likeness (QED) is 0.161. The van der Waals surface area contributed by atoms with E-state index in [1.54, 1.807) is 12.1 Å². The first-order chi connectivity index (χ1) is 11.7. The van der Waals surface area contributed by atoms with E-state index in [0.717, 1.165) is 12.2 Å². The lowest BCUT2D eigenvalue weighted by atomic mass is 9.94. The molecule has 5 heteroatoms. The molecule has 25 heavy (non-hydrogen) atoms. The SMILES string of the molecule is CCCCCCCCCCCC(CS)Cc1ccc([N+](=O)[O-])cc1.Cl. The normalized spacial score (nSPS) is 11.8. The molecule has 1 unspecified atom stereocenters. The second kappa shape index (κ2) is 15.5. The summed E-state index contributed by atoms with van der Waals surface area (Å²) >= 11 is 4.48. The van der Waals surface area contributed by atoms with E-state index < -0.39 is 0 Å². The summed E-state index contributed by atoms with van der Waals surface area (Å²) in [5.74, 6) is 1.45. The van der Waals surface area contributed by atoms with Gasteiger partial charge in [-0.1, -0.05) is 76.8 Å². The van der Waals surface area contributed by atoms with Crippen LogP contribution in [0.15, 0.2) is 24.3 Å². The Morgan fingerprint density at radius 3 is 1.96 bits per heavy atom. The maximum Gasteiger partial charge on any atom is 0.269 e. The van der Waals surface area contributed by atoms with Crippen LogP contribution in [0.2, 0.25) is 0 Å². The predicted octanol–water partition coefficient (Wildman–Crippen LogP) is 7.03. The molecular formula is C20H34ClNO2S. The van der Waals surface area contributed by atoms with Crippen molar-refractivity contribution in [3.8, 4) is 0 Å². The van der Waals surface area contributed by atoms with Gasteiger partial charge in [-0.15, -0.1) is 12.4 Å². The number of nitrogens with zero attached hydrogens (tertiary/aromatic N) is 1. The number of nitro groups is 1. The molecule has 0 saturated carbocycles. The molecule has 0 aromatic heterocycles. The van der Waals surface area contributed by atoms with Gasteiger partial charge in [0.15, 0.2) is 0 Å². The largest absolute Gasteiger partial charge is 0.269 e. The van der Waals surface area contributed by atoms with Gasteiger partial charge in [0.2, 0.25) is 0 Å². The first kappa shape index (κ1) is 24.3. The van der Waals surface area contributed by atoms with Crippen LogP contribution in [-0.4, -0.2) is 10.7 Å². The minimum absolute atomic E-state index is 0. The van der Waals surface area contributed by atoms with Gasteiger partial charge in [-0.3, -0.25) is 10.1 Å². The van der Waals surface area contributed by atoms with Gasteiger partial charge < -0.3 is 0 Å². The van der Waals surface area contributed by atoms with E-state index in [4.69, 9.17) is 0 Å². The first-order valence-electron chi connectivity index (χ1n) is 9.51. The van der Waals surface area contributed by atoms with E-state index in [1.807, 2.05) is 12.1 Å². The molecule has 0 aliphatic carbocycles. The lowest BCUT2D eigenvalue weighted by Gasteiger charge is -2.14. The molecule has 0 radical (unpaired) electrons. The smallest absolute Gasteiger partial charge is 0.258 e. The standard InChI is InChI=1S/C20H33NO2S.ClH/c1-2-3-4-5-6-7-8-9-10-11-19(17-24)16-18-12-14-20(15-13-18)21(22)23;/h12-15,19,24H,2-11,16-17H2,1H3;1H. The molecule has 1 rings (SSSR count). The van der Waals surface area contributed by atoms with Crippen LogP contribution in [0.5, 0.6) is 0 Å². The Morgan fingerprint density at radius 1 is 0.960 bits per heavy atom. The monoisotopic (exact) mass is 387 g/mol.